The molecule has 2 aliphatic carbocycles. The molecule has 3 N–H and O–H groups in total. The van der Waals surface area contributed by atoms with Gasteiger partial charge in [0, 0.05) is 29.4 Å². The van der Waals surface area contributed by atoms with Gasteiger partial charge in [0.05, 0.1) is 17.1 Å². The number of aliphatic carboxylic acids is 1. The summed E-state index contributed by atoms with van der Waals surface area (Å²) in [4.78, 5) is 27.4. The lowest BCUT2D eigenvalue weighted by Gasteiger charge is -2.29. The maximum absolute atomic E-state index is 14.4. The van der Waals surface area contributed by atoms with Crippen molar-refractivity contribution in [3.8, 4) is 11.4 Å². The minimum atomic E-state index is -0.836. The molecule has 9 heteroatoms. The third-order valence-corrected chi connectivity index (χ3v) is 6.19. The summed E-state index contributed by atoms with van der Waals surface area (Å²) in [7, 11) is 0. The number of aromatic nitrogens is 4. The van der Waals surface area contributed by atoms with Gasteiger partial charge in [-0.15, -0.1) is 0 Å². The first kappa shape index (κ1) is 17.4. The van der Waals surface area contributed by atoms with Crippen LogP contribution in [0, 0.1) is 23.6 Å². The van der Waals surface area contributed by atoms with E-state index in [4.69, 9.17) is 11.6 Å². The van der Waals surface area contributed by atoms with Crippen molar-refractivity contribution in [2.45, 2.75) is 25.3 Å². The van der Waals surface area contributed by atoms with Crippen molar-refractivity contribution in [1.82, 2.24) is 19.9 Å². The quantitative estimate of drug-likeness (QED) is 0.615. The zero-order chi connectivity index (χ0) is 19.4. The van der Waals surface area contributed by atoms with Crippen molar-refractivity contribution in [3.05, 3.63) is 35.5 Å². The van der Waals surface area contributed by atoms with Crippen molar-refractivity contribution >= 4 is 34.4 Å². The first-order valence-corrected chi connectivity index (χ1v) is 9.54. The highest BCUT2D eigenvalue weighted by molar-refractivity contribution is 6.31. The number of hydrogen-bond acceptors (Lipinski definition) is 5. The second-order valence-corrected chi connectivity index (χ2v) is 7.95. The SMILES string of the molecule is O=C(O)C1C2CCC(C2)C1Nc1nc(-c2c[nH]c3ncc(Cl)cc23)ncc1F. The molecular weight excluding hydrogens is 385 g/mol. The van der Waals surface area contributed by atoms with E-state index in [1.807, 2.05) is 0 Å². The number of H-pyrrole nitrogens is 1. The smallest absolute Gasteiger partial charge is 0.308 e. The Balaban J connectivity index is 1.51. The summed E-state index contributed by atoms with van der Waals surface area (Å²) >= 11 is 6.04. The van der Waals surface area contributed by atoms with Crippen LogP contribution in [0.3, 0.4) is 0 Å². The molecule has 0 aliphatic heterocycles. The van der Waals surface area contributed by atoms with Gasteiger partial charge < -0.3 is 15.4 Å². The van der Waals surface area contributed by atoms with Gasteiger partial charge in [-0.05, 0) is 37.2 Å². The highest BCUT2D eigenvalue weighted by Gasteiger charge is 2.51. The number of nitrogens with one attached hydrogen (secondary N) is 2. The Bertz CT molecular complexity index is 1090. The van der Waals surface area contributed by atoms with E-state index >= 15 is 0 Å². The van der Waals surface area contributed by atoms with E-state index in [-0.39, 0.29) is 23.7 Å². The van der Waals surface area contributed by atoms with E-state index in [2.05, 4.69) is 25.3 Å². The molecule has 144 valence electrons. The van der Waals surface area contributed by atoms with Crippen LogP contribution in [0.25, 0.3) is 22.4 Å². The maximum atomic E-state index is 14.4. The van der Waals surface area contributed by atoms with Crippen LogP contribution >= 0.6 is 11.6 Å². The van der Waals surface area contributed by atoms with Crippen molar-refractivity contribution in [1.29, 1.82) is 0 Å². The maximum Gasteiger partial charge on any atom is 0.308 e. The molecule has 5 rings (SSSR count). The average Bonchev–Trinajstić information content (AvgIpc) is 3.37. The van der Waals surface area contributed by atoms with Gasteiger partial charge in [0.2, 0.25) is 0 Å². The fourth-order valence-corrected chi connectivity index (χ4v) is 4.93. The molecule has 3 aromatic heterocycles. The molecule has 0 amide bonds. The predicted octanol–water partition coefficient (Wildman–Crippen LogP) is 3.72. The van der Waals surface area contributed by atoms with E-state index in [1.54, 1.807) is 12.3 Å². The molecule has 28 heavy (non-hydrogen) atoms. The number of carbonyl (C=O) groups is 1. The van der Waals surface area contributed by atoms with E-state index in [0.717, 1.165) is 30.8 Å². The fourth-order valence-electron chi connectivity index (χ4n) is 4.77. The van der Waals surface area contributed by atoms with Gasteiger partial charge in [-0.3, -0.25) is 4.79 Å². The van der Waals surface area contributed by atoms with Gasteiger partial charge in [-0.2, -0.15) is 0 Å². The Hall–Kier alpha value is -2.74. The summed E-state index contributed by atoms with van der Waals surface area (Å²) in [6.07, 6.45) is 7.07. The second-order valence-electron chi connectivity index (χ2n) is 7.51. The van der Waals surface area contributed by atoms with Gasteiger partial charge in [0.1, 0.15) is 5.65 Å². The zero-order valence-electron chi connectivity index (χ0n) is 14.7. The lowest BCUT2D eigenvalue weighted by atomic mass is 9.84. The Labute approximate surface area is 164 Å². The van der Waals surface area contributed by atoms with Gasteiger partial charge in [-0.1, -0.05) is 11.6 Å². The lowest BCUT2D eigenvalue weighted by molar-refractivity contribution is -0.143. The van der Waals surface area contributed by atoms with E-state index in [9.17, 15) is 14.3 Å². The van der Waals surface area contributed by atoms with Crippen LogP contribution in [-0.4, -0.2) is 37.1 Å². The first-order chi connectivity index (χ1) is 13.5. The third kappa shape index (κ3) is 2.71. The number of hydrogen-bond donors (Lipinski definition) is 3. The molecule has 2 fully saturated rings. The molecule has 2 bridgehead atoms. The highest BCUT2D eigenvalue weighted by Crippen LogP contribution is 2.49. The van der Waals surface area contributed by atoms with Crippen molar-refractivity contribution in [3.63, 3.8) is 0 Å². The summed E-state index contributed by atoms with van der Waals surface area (Å²) in [5.74, 6) is -1.25. The molecule has 4 atom stereocenters. The molecule has 7 nitrogen and oxygen atoms in total. The molecule has 0 spiro atoms. The van der Waals surface area contributed by atoms with E-state index in [0.29, 0.717) is 22.1 Å². The molecule has 3 heterocycles. The number of rotatable bonds is 4. The molecule has 2 aliphatic rings. The normalized spacial score (nSPS) is 26.1. The van der Waals surface area contributed by atoms with Crippen LogP contribution in [0.1, 0.15) is 19.3 Å². The monoisotopic (exact) mass is 401 g/mol. The largest absolute Gasteiger partial charge is 0.481 e. The summed E-state index contributed by atoms with van der Waals surface area (Å²) < 4.78 is 14.4. The third-order valence-electron chi connectivity index (χ3n) is 5.99. The minimum Gasteiger partial charge on any atom is -0.481 e. The Morgan fingerprint density at radius 2 is 2.11 bits per heavy atom. The average molecular weight is 402 g/mol. The number of fused-ring (bicyclic) bond motifs is 3. The number of carboxylic acids is 1. The highest BCUT2D eigenvalue weighted by atomic mass is 35.5. The van der Waals surface area contributed by atoms with E-state index in [1.165, 1.54) is 6.20 Å². The number of aromatic amines is 1. The minimum absolute atomic E-state index is 0.0261. The number of carboxylic acid groups (broad SMARTS) is 1. The van der Waals surface area contributed by atoms with Crippen LogP contribution in [0.5, 0.6) is 0 Å². The Morgan fingerprint density at radius 1 is 1.29 bits per heavy atom. The molecule has 0 radical (unpaired) electrons. The molecule has 2 saturated carbocycles. The fraction of sp³-hybridized carbons (Fsp3) is 0.368. The molecule has 3 aromatic rings. The van der Waals surface area contributed by atoms with Crippen LogP contribution in [0.15, 0.2) is 24.7 Å². The van der Waals surface area contributed by atoms with Crippen molar-refractivity contribution < 1.29 is 14.3 Å². The van der Waals surface area contributed by atoms with E-state index < -0.39 is 17.7 Å². The van der Waals surface area contributed by atoms with Crippen LogP contribution in [0.4, 0.5) is 10.2 Å². The Kier molecular flexibility index (Phi) is 3.97. The molecular formula is C19H17ClFN5O2. The topological polar surface area (TPSA) is 104 Å². The van der Waals surface area contributed by atoms with Gasteiger partial charge in [0.25, 0.3) is 0 Å². The standard InChI is InChI=1S/C19H17ClFN5O2/c20-10-4-11-12(6-23-16(11)22-5-10)17-24-7-13(21)18(26-17)25-15-9-2-1-8(3-9)14(15)19(27)28/h4-9,14-15H,1-3H2,(H,22,23)(H,27,28)(H,24,25,26). The van der Waals surface area contributed by atoms with Gasteiger partial charge in [0.15, 0.2) is 17.5 Å². The van der Waals surface area contributed by atoms with Crippen LogP contribution in [-0.2, 0) is 4.79 Å². The van der Waals surface area contributed by atoms with Crippen LogP contribution < -0.4 is 5.32 Å². The summed E-state index contributed by atoms with van der Waals surface area (Å²) in [5.41, 5.74) is 1.27. The summed E-state index contributed by atoms with van der Waals surface area (Å²) in [5, 5.41) is 13.9. The number of pyridine rings is 1. The van der Waals surface area contributed by atoms with Gasteiger partial charge in [-0.25, -0.2) is 19.3 Å². The molecule has 4 unspecified atom stereocenters. The Morgan fingerprint density at radius 3 is 2.93 bits per heavy atom. The second kappa shape index (κ2) is 6.41. The molecule has 0 aromatic carbocycles. The lowest BCUT2D eigenvalue weighted by Crippen LogP contribution is -2.39. The summed E-state index contributed by atoms with van der Waals surface area (Å²) in [6.45, 7) is 0. The molecule has 0 saturated heterocycles. The van der Waals surface area contributed by atoms with Gasteiger partial charge >= 0.3 is 5.97 Å². The number of halogens is 2. The number of anilines is 1. The summed E-state index contributed by atoms with van der Waals surface area (Å²) in [6, 6.07) is 1.42. The first-order valence-electron chi connectivity index (χ1n) is 9.16. The predicted molar refractivity (Wildman–Crippen MR) is 101 cm³/mol. The zero-order valence-corrected chi connectivity index (χ0v) is 15.4. The van der Waals surface area contributed by atoms with Crippen LogP contribution in [0.2, 0.25) is 5.02 Å². The van der Waals surface area contributed by atoms with Crippen molar-refractivity contribution in [2.24, 2.45) is 17.8 Å². The number of nitrogens with zero attached hydrogens (tertiary/aromatic N) is 3. The van der Waals surface area contributed by atoms with Crippen molar-refractivity contribution in [2.75, 3.05) is 5.32 Å².